The molecule has 0 aliphatic carbocycles. The van der Waals surface area contributed by atoms with Gasteiger partial charge in [-0.3, -0.25) is 14.5 Å². The molecule has 1 atom stereocenters. The number of aliphatic hydroxyl groups is 1. The van der Waals surface area contributed by atoms with E-state index in [1.165, 1.54) is 11.8 Å². The van der Waals surface area contributed by atoms with Gasteiger partial charge in [-0.15, -0.1) is 5.10 Å². The summed E-state index contributed by atoms with van der Waals surface area (Å²) < 4.78 is 14.0. The van der Waals surface area contributed by atoms with Crippen molar-refractivity contribution in [3.63, 3.8) is 0 Å². The summed E-state index contributed by atoms with van der Waals surface area (Å²) in [6.07, 6.45) is 1.77. The molecule has 0 radical (unpaired) electrons. The molecule has 0 spiro atoms. The molecule has 5 rings (SSSR count). The molecular formula is C23H17FN4O3. The lowest BCUT2D eigenvalue weighted by atomic mass is 9.98. The number of carbonyl (C=O) groups excluding carboxylic acids is 1. The van der Waals surface area contributed by atoms with E-state index in [-0.39, 0.29) is 16.7 Å². The largest absolute Gasteiger partial charge is 0.375 e. The number of hydrogen-bond acceptors (Lipinski definition) is 5. The number of rotatable bonds is 3. The zero-order valence-electron chi connectivity index (χ0n) is 16.5. The minimum absolute atomic E-state index is 0.156. The van der Waals surface area contributed by atoms with Crippen LogP contribution in [-0.2, 0) is 16.8 Å². The molecule has 0 fully saturated rings. The van der Waals surface area contributed by atoms with Gasteiger partial charge >= 0.3 is 5.56 Å². The number of anilines is 2. The van der Waals surface area contributed by atoms with Gasteiger partial charge in [0.25, 0.3) is 5.91 Å². The van der Waals surface area contributed by atoms with Crippen molar-refractivity contribution in [3.05, 3.63) is 94.0 Å². The van der Waals surface area contributed by atoms with Gasteiger partial charge in [0.15, 0.2) is 5.60 Å². The lowest BCUT2D eigenvalue weighted by molar-refractivity contribution is -0.133. The molecule has 8 heteroatoms. The van der Waals surface area contributed by atoms with E-state index in [0.29, 0.717) is 28.1 Å². The number of para-hydroxylation sites is 1. The van der Waals surface area contributed by atoms with Gasteiger partial charge in [-0.2, -0.15) is 0 Å². The highest BCUT2D eigenvalue weighted by Crippen LogP contribution is 2.43. The molecule has 2 aromatic carbocycles. The highest BCUT2D eigenvalue weighted by Gasteiger charge is 2.47. The van der Waals surface area contributed by atoms with Crippen LogP contribution in [0, 0.1) is 0 Å². The number of halogens is 1. The van der Waals surface area contributed by atoms with Crippen LogP contribution in [0.1, 0.15) is 23.7 Å². The zero-order chi connectivity index (χ0) is 21.8. The lowest BCUT2D eigenvalue weighted by Crippen LogP contribution is -2.35. The van der Waals surface area contributed by atoms with E-state index in [1.54, 1.807) is 66.9 Å². The van der Waals surface area contributed by atoms with E-state index in [4.69, 9.17) is 0 Å². The van der Waals surface area contributed by atoms with E-state index in [1.807, 2.05) is 0 Å². The van der Waals surface area contributed by atoms with Crippen molar-refractivity contribution >= 4 is 28.2 Å². The SMILES string of the molecule is CC1(O)C(=O)N(c2cc(Cc3nn(F)c(=O)c4ccccc34)ccn2)c2ccccc21. The molecule has 2 aromatic heterocycles. The standard InChI is InChI=1S/C23H17FN4O3/c1-23(31)17-8-4-5-9-19(17)27(22(23)30)20-13-14(10-11-25-20)12-18-15-6-2-3-7-16(15)21(29)28(24)26-18/h2-11,13,31H,12H2,1H3. The Labute approximate surface area is 175 Å². The number of fused-ring (bicyclic) bond motifs is 2. The summed E-state index contributed by atoms with van der Waals surface area (Å²) in [7, 11) is 0. The Morgan fingerprint density at radius 1 is 1.03 bits per heavy atom. The molecule has 3 heterocycles. The maximum absolute atomic E-state index is 14.0. The summed E-state index contributed by atoms with van der Waals surface area (Å²) >= 11 is 0. The second-order valence-corrected chi connectivity index (χ2v) is 7.59. The number of hydrogen-bond donors (Lipinski definition) is 1. The fraction of sp³-hybridized carbons (Fsp3) is 0.130. The van der Waals surface area contributed by atoms with Gasteiger partial charge in [-0.05, 0) is 36.8 Å². The molecule has 154 valence electrons. The van der Waals surface area contributed by atoms with Crippen LogP contribution in [0.15, 0.2) is 71.7 Å². The second kappa shape index (κ2) is 6.82. The Morgan fingerprint density at radius 3 is 2.55 bits per heavy atom. The number of carbonyl (C=O) groups is 1. The molecule has 1 aliphatic rings. The summed E-state index contributed by atoms with van der Waals surface area (Å²) in [5, 5.41) is 15.3. The average Bonchev–Trinajstić information content (AvgIpc) is 2.98. The predicted molar refractivity (Wildman–Crippen MR) is 113 cm³/mol. The van der Waals surface area contributed by atoms with Gasteiger partial charge < -0.3 is 5.11 Å². The average molecular weight is 416 g/mol. The van der Waals surface area contributed by atoms with Crippen LogP contribution >= 0.6 is 0 Å². The fourth-order valence-corrected chi connectivity index (χ4v) is 3.99. The van der Waals surface area contributed by atoms with E-state index in [9.17, 15) is 19.2 Å². The Balaban J connectivity index is 1.58. The van der Waals surface area contributed by atoms with Crippen molar-refractivity contribution in [2.45, 2.75) is 18.9 Å². The lowest BCUT2D eigenvalue weighted by Gasteiger charge is -2.19. The first-order valence-corrected chi connectivity index (χ1v) is 9.66. The third kappa shape index (κ3) is 2.91. The van der Waals surface area contributed by atoms with Crippen LogP contribution in [0.2, 0.25) is 0 Å². The van der Waals surface area contributed by atoms with Gasteiger partial charge in [0.1, 0.15) is 5.82 Å². The van der Waals surface area contributed by atoms with E-state index in [2.05, 4.69) is 10.1 Å². The number of amides is 1. The van der Waals surface area contributed by atoms with Crippen molar-refractivity contribution in [1.82, 2.24) is 15.0 Å². The van der Waals surface area contributed by atoms with Crippen molar-refractivity contribution in [1.29, 1.82) is 0 Å². The Hall–Kier alpha value is -3.91. The molecule has 31 heavy (non-hydrogen) atoms. The molecule has 1 unspecified atom stereocenters. The molecule has 1 aliphatic heterocycles. The van der Waals surface area contributed by atoms with E-state index in [0.717, 1.165) is 5.56 Å². The van der Waals surface area contributed by atoms with Crippen LogP contribution < -0.4 is 10.5 Å². The number of benzene rings is 2. The number of nitrogens with zero attached hydrogens (tertiary/aromatic N) is 4. The topological polar surface area (TPSA) is 88.3 Å². The van der Waals surface area contributed by atoms with Crippen LogP contribution in [0.25, 0.3) is 10.8 Å². The minimum atomic E-state index is -1.66. The van der Waals surface area contributed by atoms with Gasteiger partial charge in [-0.1, -0.05) is 45.8 Å². The van der Waals surface area contributed by atoms with Gasteiger partial charge in [0, 0.05) is 23.6 Å². The van der Waals surface area contributed by atoms with Crippen molar-refractivity contribution in [2.24, 2.45) is 0 Å². The van der Waals surface area contributed by atoms with Gasteiger partial charge in [-0.25, -0.2) is 4.98 Å². The highest BCUT2D eigenvalue weighted by molar-refractivity contribution is 6.11. The van der Waals surface area contributed by atoms with Gasteiger partial charge in [0.05, 0.1) is 16.8 Å². The number of pyridine rings is 1. The Bertz CT molecular complexity index is 1410. The third-order valence-corrected chi connectivity index (χ3v) is 5.54. The Kier molecular flexibility index (Phi) is 4.19. The quantitative estimate of drug-likeness (QED) is 0.555. The van der Waals surface area contributed by atoms with E-state index < -0.39 is 17.1 Å². The smallest absolute Gasteiger partial charge is 0.305 e. The maximum Gasteiger partial charge on any atom is 0.305 e. The first-order valence-electron chi connectivity index (χ1n) is 9.66. The fourth-order valence-electron chi connectivity index (χ4n) is 3.99. The number of aromatic nitrogens is 3. The summed E-state index contributed by atoms with van der Waals surface area (Å²) in [5.41, 5.74) is -0.299. The summed E-state index contributed by atoms with van der Waals surface area (Å²) in [6, 6.07) is 17.1. The molecule has 7 nitrogen and oxygen atoms in total. The first-order chi connectivity index (χ1) is 14.9. The Morgan fingerprint density at radius 2 is 1.74 bits per heavy atom. The second-order valence-electron chi connectivity index (χ2n) is 7.59. The minimum Gasteiger partial charge on any atom is -0.375 e. The first kappa shape index (κ1) is 19.1. The zero-order valence-corrected chi connectivity index (χ0v) is 16.5. The molecule has 4 aromatic rings. The maximum atomic E-state index is 14.0. The molecule has 1 amide bonds. The van der Waals surface area contributed by atoms with Crippen LogP contribution in [0.3, 0.4) is 0 Å². The molecule has 0 saturated heterocycles. The van der Waals surface area contributed by atoms with Crippen molar-refractivity contribution < 1.29 is 14.4 Å². The summed E-state index contributed by atoms with van der Waals surface area (Å²) in [5.74, 6) is -0.162. The van der Waals surface area contributed by atoms with Crippen LogP contribution in [-0.4, -0.2) is 26.0 Å². The van der Waals surface area contributed by atoms with Crippen molar-refractivity contribution in [3.8, 4) is 0 Å². The van der Waals surface area contributed by atoms with Crippen molar-refractivity contribution in [2.75, 3.05) is 4.90 Å². The van der Waals surface area contributed by atoms with E-state index >= 15 is 0 Å². The molecular weight excluding hydrogens is 399 g/mol. The predicted octanol–water partition coefficient (Wildman–Crippen LogP) is 3.00. The normalized spacial score (nSPS) is 17.9. The van der Waals surface area contributed by atoms with Crippen LogP contribution in [0.4, 0.5) is 16.0 Å². The third-order valence-electron chi connectivity index (χ3n) is 5.54. The molecule has 1 N–H and O–H groups in total. The van der Waals surface area contributed by atoms with Crippen LogP contribution in [0.5, 0.6) is 0 Å². The highest BCUT2D eigenvalue weighted by atomic mass is 19.2. The monoisotopic (exact) mass is 416 g/mol. The van der Waals surface area contributed by atoms with Gasteiger partial charge in [0.2, 0.25) is 0 Å². The molecule has 0 saturated carbocycles. The molecule has 0 bridgehead atoms. The summed E-state index contributed by atoms with van der Waals surface area (Å²) in [4.78, 5) is 30.5. The summed E-state index contributed by atoms with van der Waals surface area (Å²) in [6.45, 7) is 1.46.